The van der Waals surface area contributed by atoms with E-state index >= 15 is 0 Å². The van der Waals surface area contributed by atoms with E-state index in [2.05, 4.69) is 32.2 Å². The number of carbonyl (C=O) groups excluding carboxylic acids is 1. The normalized spacial score (nSPS) is 16.3. The largest absolute Gasteiger partial charge is 0.516 e. The summed E-state index contributed by atoms with van der Waals surface area (Å²) in [6.07, 6.45) is 3.94. The molecule has 0 bridgehead atoms. The van der Waals surface area contributed by atoms with Crippen LogP contribution in [-0.4, -0.2) is 48.8 Å². The molecule has 2 heterocycles. The van der Waals surface area contributed by atoms with Gasteiger partial charge in [0.15, 0.2) is 0 Å². The molecule has 1 N–H and O–H groups in total. The standard InChI is InChI=1S/C24H33F3N6O4S2/c1-6-16(7-2)33-17(8-3)10-9-15-11-18(19(12-20(15)33)32-39(35,36)24(25,26)27)28-30-23-31-29-21(38-23)22(34)37-13-14(4)5/h11-12,14,16-17,32H,6-10,13H2,1-5H3. The molecule has 10 nitrogen and oxygen atoms in total. The smallest absolute Gasteiger partial charge is 0.460 e. The second-order valence-corrected chi connectivity index (χ2v) is 12.2. The van der Waals surface area contributed by atoms with Crippen LogP contribution in [-0.2, 0) is 21.2 Å². The molecule has 216 valence electrons. The van der Waals surface area contributed by atoms with Gasteiger partial charge < -0.3 is 9.64 Å². The highest BCUT2D eigenvalue weighted by molar-refractivity contribution is 7.93. The number of esters is 1. The fourth-order valence-electron chi connectivity index (χ4n) is 4.40. The van der Waals surface area contributed by atoms with Crippen molar-refractivity contribution in [3.05, 3.63) is 22.7 Å². The lowest BCUT2D eigenvalue weighted by Crippen LogP contribution is -2.45. The van der Waals surface area contributed by atoms with Crippen LogP contribution in [0.4, 0.5) is 35.4 Å². The summed E-state index contributed by atoms with van der Waals surface area (Å²) in [4.78, 5) is 14.3. The highest BCUT2D eigenvalue weighted by atomic mass is 32.2. The molecule has 0 amide bonds. The Morgan fingerprint density at radius 2 is 1.90 bits per heavy atom. The van der Waals surface area contributed by atoms with Crippen molar-refractivity contribution in [2.45, 2.75) is 84.3 Å². The van der Waals surface area contributed by atoms with E-state index in [-0.39, 0.29) is 46.1 Å². The number of fused-ring (bicyclic) bond motifs is 1. The van der Waals surface area contributed by atoms with E-state index < -0.39 is 21.5 Å². The van der Waals surface area contributed by atoms with E-state index in [0.717, 1.165) is 42.6 Å². The molecule has 1 atom stereocenters. The maximum absolute atomic E-state index is 13.3. The number of rotatable bonds is 11. The van der Waals surface area contributed by atoms with Gasteiger partial charge in [0, 0.05) is 17.8 Å². The molecule has 3 rings (SSSR count). The predicted molar refractivity (Wildman–Crippen MR) is 143 cm³/mol. The number of nitrogens with one attached hydrogen (secondary N) is 1. The molecule has 0 radical (unpaired) electrons. The summed E-state index contributed by atoms with van der Waals surface area (Å²) in [5, 5.41) is 15.3. The number of nitrogens with zero attached hydrogens (tertiary/aromatic N) is 5. The van der Waals surface area contributed by atoms with Gasteiger partial charge >= 0.3 is 21.5 Å². The molecular weight excluding hydrogens is 557 g/mol. The zero-order valence-corrected chi connectivity index (χ0v) is 24.1. The van der Waals surface area contributed by atoms with Crippen molar-refractivity contribution < 1.29 is 31.1 Å². The lowest BCUT2D eigenvalue weighted by atomic mass is 9.90. The third-order valence-corrected chi connectivity index (χ3v) is 8.24. The van der Waals surface area contributed by atoms with Crippen LogP contribution >= 0.6 is 11.3 Å². The highest BCUT2D eigenvalue weighted by Gasteiger charge is 2.46. The summed E-state index contributed by atoms with van der Waals surface area (Å²) in [5.74, 6) is -0.556. The van der Waals surface area contributed by atoms with Crippen molar-refractivity contribution in [1.82, 2.24) is 10.2 Å². The Bertz CT molecular complexity index is 1290. The number of alkyl halides is 3. The van der Waals surface area contributed by atoms with Crippen molar-refractivity contribution in [3.8, 4) is 0 Å². The molecule has 1 unspecified atom stereocenters. The Kier molecular flexibility index (Phi) is 9.91. The number of hydrogen-bond donors (Lipinski definition) is 1. The first-order chi connectivity index (χ1) is 18.3. The van der Waals surface area contributed by atoms with Gasteiger partial charge in [0.05, 0.1) is 12.3 Å². The number of benzene rings is 1. The number of aryl methyl sites for hydroxylation is 1. The minimum atomic E-state index is -5.73. The maximum atomic E-state index is 13.3. The first-order valence-corrected chi connectivity index (χ1v) is 15.1. The second kappa shape index (κ2) is 12.6. The van der Waals surface area contributed by atoms with E-state index in [4.69, 9.17) is 4.74 Å². The van der Waals surface area contributed by atoms with E-state index in [1.807, 2.05) is 27.7 Å². The Labute approximate surface area is 230 Å². The fraction of sp³-hybridized carbons (Fsp3) is 0.625. The quantitative estimate of drug-likeness (QED) is 0.227. The number of ether oxygens (including phenoxy) is 1. The monoisotopic (exact) mass is 590 g/mol. The van der Waals surface area contributed by atoms with Crippen molar-refractivity contribution in [2.24, 2.45) is 16.1 Å². The van der Waals surface area contributed by atoms with Crippen molar-refractivity contribution in [2.75, 3.05) is 16.2 Å². The third kappa shape index (κ3) is 7.24. The van der Waals surface area contributed by atoms with Gasteiger partial charge in [-0.15, -0.1) is 20.4 Å². The SMILES string of the molecule is CCC(CC)N1c2cc(NS(=O)(=O)C(F)(F)F)c(N=Nc3nnc(C(=O)OCC(C)C)s3)cc2CCC1CC. The average Bonchev–Trinajstić information content (AvgIpc) is 3.35. The van der Waals surface area contributed by atoms with Gasteiger partial charge in [0.1, 0.15) is 5.69 Å². The van der Waals surface area contributed by atoms with Gasteiger partial charge in [0.2, 0.25) is 5.01 Å². The number of azo groups is 1. The minimum Gasteiger partial charge on any atom is -0.460 e. The molecular formula is C24H33F3N6O4S2. The molecule has 0 aliphatic carbocycles. The maximum Gasteiger partial charge on any atom is 0.516 e. The van der Waals surface area contributed by atoms with Crippen LogP contribution in [0.3, 0.4) is 0 Å². The van der Waals surface area contributed by atoms with Crippen molar-refractivity contribution in [1.29, 1.82) is 0 Å². The van der Waals surface area contributed by atoms with E-state index in [9.17, 15) is 26.4 Å². The average molecular weight is 591 g/mol. The number of aromatic nitrogens is 2. The summed E-state index contributed by atoms with van der Waals surface area (Å²) in [5.41, 5.74) is -4.50. The zero-order valence-electron chi connectivity index (χ0n) is 22.4. The number of carbonyl (C=O) groups is 1. The van der Waals surface area contributed by atoms with Crippen LogP contribution in [0.1, 0.15) is 75.7 Å². The van der Waals surface area contributed by atoms with Crippen LogP contribution < -0.4 is 9.62 Å². The first kappa shape index (κ1) is 30.7. The predicted octanol–water partition coefficient (Wildman–Crippen LogP) is 6.75. The molecule has 0 spiro atoms. The van der Waals surface area contributed by atoms with Gasteiger partial charge in [-0.1, -0.05) is 46.0 Å². The topological polar surface area (TPSA) is 126 Å². The molecule has 1 aromatic carbocycles. The lowest BCUT2D eigenvalue weighted by Gasteiger charge is -2.44. The van der Waals surface area contributed by atoms with Crippen LogP contribution in [0.5, 0.6) is 0 Å². The zero-order chi connectivity index (χ0) is 29.0. The van der Waals surface area contributed by atoms with Gasteiger partial charge in [0.25, 0.3) is 5.13 Å². The number of anilines is 2. The summed E-state index contributed by atoms with van der Waals surface area (Å²) in [7, 11) is -5.73. The van der Waals surface area contributed by atoms with Gasteiger partial charge in [-0.25, -0.2) is 4.79 Å². The molecule has 39 heavy (non-hydrogen) atoms. The first-order valence-electron chi connectivity index (χ1n) is 12.8. The number of sulfonamides is 1. The van der Waals surface area contributed by atoms with Crippen molar-refractivity contribution >= 4 is 49.5 Å². The molecule has 0 saturated heterocycles. The second-order valence-electron chi connectivity index (χ2n) is 9.61. The summed E-state index contributed by atoms with van der Waals surface area (Å²) in [6, 6.07) is 3.25. The molecule has 1 aromatic heterocycles. The van der Waals surface area contributed by atoms with E-state index in [1.165, 1.54) is 6.07 Å². The third-order valence-electron chi connectivity index (χ3n) is 6.35. The Morgan fingerprint density at radius 1 is 1.21 bits per heavy atom. The van der Waals surface area contributed by atoms with Crippen LogP contribution in [0.15, 0.2) is 22.4 Å². The molecule has 1 aliphatic rings. The van der Waals surface area contributed by atoms with Crippen LogP contribution in [0.25, 0.3) is 0 Å². The Morgan fingerprint density at radius 3 is 2.49 bits per heavy atom. The molecule has 1 aliphatic heterocycles. The van der Waals surface area contributed by atoms with E-state index in [1.54, 1.807) is 10.8 Å². The molecule has 0 saturated carbocycles. The molecule has 15 heteroatoms. The van der Waals surface area contributed by atoms with Crippen LogP contribution in [0, 0.1) is 5.92 Å². The highest BCUT2D eigenvalue weighted by Crippen LogP contribution is 2.42. The van der Waals surface area contributed by atoms with Gasteiger partial charge in [-0.2, -0.15) is 21.6 Å². The lowest BCUT2D eigenvalue weighted by molar-refractivity contribution is -0.0429. The molecule has 2 aromatic rings. The minimum absolute atomic E-state index is 0.0430. The summed E-state index contributed by atoms with van der Waals surface area (Å²) in [6.45, 7) is 10.1. The Balaban J connectivity index is 2.04. The number of hydrogen-bond acceptors (Lipinski definition) is 10. The summed E-state index contributed by atoms with van der Waals surface area (Å²) < 4.78 is 70.7. The van der Waals surface area contributed by atoms with Gasteiger partial charge in [-0.05, 0) is 55.7 Å². The van der Waals surface area contributed by atoms with Crippen LogP contribution in [0.2, 0.25) is 0 Å². The van der Waals surface area contributed by atoms with Crippen molar-refractivity contribution in [3.63, 3.8) is 0 Å². The summed E-state index contributed by atoms with van der Waals surface area (Å²) >= 11 is 0.793. The number of halogens is 3. The van der Waals surface area contributed by atoms with E-state index in [0.29, 0.717) is 12.1 Å². The van der Waals surface area contributed by atoms with Gasteiger partial charge in [-0.3, -0.25) is 4.72 Å². The molecule has 0 fully saturated rings. The Hall–Kier alpha value is -2.81. The fourth-order valence-corrected chi connectivity index (χ4v) is 5.53.